The van der Waals surface area contributed by atoms with E-state index in [-0.39, 0.29) is 11.9 Å². The molecule has 1 saturated heterocycles. The number of nitrogens with zero attached hydrogens (tertiary/aromatic N) is 1. The first-order valence-electron chi connectivity index (χ1n) is 9.01. The Morgan fingerprint density at radius 2 is 2.26 bits per heavy atom. The second kappa shape index (κ2) is 7.25. The lowest BCUT2D eigenvalue weighted by molar-refractivity contribution is 0.100. The number of benzene rings is 1. The standard InChI is InChI=1S/C20H21FN4OS/c1-11-16(6-3-7-23-11)25-20-14-9-17(12-4-2-5-13(21)8-12)27-18(14)15(10-24-20)19(22)26/h2,4-5,8-11,16,23H,3,6-7H2,1H3,(H2,22,26)(H,24,25)/t11-,16+/m1/s1. The van der Waals surface area contributed by atoms with Crippen molar-refractivity contribution in [3.8, 4) is 10.4 Å². The van der Waals surface area contributed by atoms with Crippen LogP contribution in [0, 0.1) is 5.82 Å². The molecular formula is C20H21FN4OS. The number of hydrogen-bond donors (Lipinski definition) is 3. The highest BCUT2D eigenvalue weighted by molar-refractivity contribution is 7.22. The van der Waals surface area contributed by atoms with Crippen molar-refractivity contribution in [2.75, 3.05) is 11.9 Å². The number of anilines is 1. The molecule has 0 radical (unpaired) electrons. The Balaban J connectivity index is 1.80. The van der Waals surface area contributed by atoms with Gasteiger partial charge >= 0.3 is 0 Å². The molecule has 140 valence electrons. The number of amides is 1. The molecule has 5 nitrogen and oxygen atoms in total. The van der Waals surface area contributed by atoms with Crippen LogP contribution in [0.25, 0.3) is 20.5 Å². The molecule has 0 saturated carbocycles. The van der Waals surface area contributed by atoms with Crippen molar-refractivity contribution in [1.82, 2.24) is 10.3 Å². The lowest BCUT2D eigenvalue weighted by Gasteiger charge is -2.31. The van der Waals surface area contributed by atoms with Crippen LogP contribution in [0.3, 0.4) is 0 Å². The summed E-state index contributed by atoms with van der Waals surface area (Å²) in [6.45, 7) is 3.17. The van der Waals surface area contributed by atoms with Gasteiger partial charge in [0.2, 0.25) is 0 Å². The summed E-state index contributed by atoms with van der Waals surface area (Å²) in [5.74, 6) is -0.0764. The number of hydrogen-bond acceptors (Lipinski definition) is 5. The zero-order chi connectivity index (χ0) is 19.0. The minimum atomic E-state index is -0.514. The van der Waals surface area contributed by atoms with Crippen molar-refractivity contribution in [2.24, 2.45) is 5.73 Å². The Kier molecular flexibility index (Phi) is 4.80. The van der Waals surface area contributed by atoms with Crippen LogP contribution in [0.1, 0.15) is 30.1 Å². The molecule has 4 rings (SSSR count). The number of fused-ring (bicyclic) bond motifs is 1. The van der Waals surface area contributed by atoms with E-state index in [0.717, 1.165) is 45.7 Å². The van der Waals surface area contributed by atoms with Crippen LogP contribution in [0.5, 0.6) is 0 Å². The van der Waals surface area contributed by atoms with Crippen LogP contribution in [0.2, 0.25) is 0 Å². The van der Waals surface area contributed by atoms with Crippen LogP contribution in [0.15, 0.2) is 36.5 Å². The van der Waals surface area contributed by atoms with Crippen LogP contribution < -0.4 is 16.4 Å². The van der Waals surface area contributed by atoms with E-state index in [2.05, 4.69) is 22.5 Å². The van der Waals surface area contributed by atoms with Gasteiger partial charge in [-0.1, -0.05) is 12.1 Å². The van der Waals surface area contributed by atoms with Gasteiger partial charge in [-0.3, -0.25) is 4.79 Å². The molecule has 1 amide bonds. The number of carbonyl (C=O) groups is 1. The van der Waals surface area contributed by atoms with Gasteiger partial charge in [-0.25, -0.2) is 9.37 Å². The van der Waals surface area contributed by atoms with E-state index >= 15 is 0 Å². The lowest BCUT2D eigenvalue weighted by Crippen LogP contribution is -2.46. The molecule has 0 spiro atoms. The molecule has 1 aliphatic rings. The molecule has 0 bridgehead atoms. The third kappa shape index (κ3) is 3.52. The number of carbonyl (C=O) groups excluding carboxylic acids is 1. The molecule has 2 aromatic heterocycles. The van der Waals surface area contributed by atoms with E-state index in [1.807, 2.05) is 12.1 Å². The minimum absolute atomic E-state index is 0.256. The molecule has 2 atom stereocenters. The van der Waals surface area contributed by atoms with Crippen LogP contribution in [0.4, 0.5) is 10.2 Å². The normalized spacial score (nSPS) is 19.9. The highest BCUT2D eigenvalue weighted by Crippen LogP contribution is 2.38. The summed E-state index contributed by atoms with van der Waals surface area (Å²) in [6.07, 6.45) is 3.68. The van der Waals surface area contributed by atoms with Gasteiger partial charge in [0.1, 0.15) is 11.6 Å². The zero-order valence-corrected chi connectivity index (χ0v) is 15.8. The second-order valence-electron chi connectivity index (χ2n) is 6.88. The molecule has 1 aliphatic heterocycles. The number of rotatable bonds is 4. The van der Waals surface area contributed by atoms with E-state index in [4.69, 9.17) is 5.73 Å². The number of thiophene rings is 1. The summed E-state index contributed by atoms with van der Waals surface area (Å²) in [5.41, 5.74) is 6.70. The second-order valence-corrected chi connectivity index (χ2v) is 7.94. The number of pyridine rings is 1. The van der Waals surface area contributed by atoms with Gasteiger partial charge in [-0.05, 0) is 50.1 Å². The number of nitrogens with one attached hydrogen (secondary N) is 2. The largest absolute Gasteiger partial charge is 0.366 e. The van der Waals surface area contributed by atoms with Gasteiger partial charge in [0.05, 0.1) is 10.3 Å². The SMILES string of the molecule is C[C@H]1NCCC[C@@H]1Nc1ncc(C(N)=O)c2sc(-c3cccc(F)c3)cc12. The number of nitrogens with two attached hydrogens (primary N) is 1. The molecule has 1 aromatic carbocycles. The third-order valence-corrected chi connectivity index (χ3v) is 6.23. The highest BCUT2D eigenvalue weighted by atomic mass is 32.1. The average molecular weight is 384 g/mol. The Morgan fingerprint density at radius 1 is 1.41 bits per heavy atom. The maximum absolute atomic E-state index is 13.6. The topological polar surface area (TPSA) is 80.0 Å². The summed E-state index contributed by atoms with van der Waals surface area (Å²) in [4.78, 5) is 17.2. The molecule has 3 aromatic rings. The third-order valence-electron chi connectivity index (χ3n) is 5.01. The Hall–Kier alpha value is -2.51. The van der Waals surface area contributed by atoms with E-state index in [9.17, 15) is 9.18 Å². The fourth-order valence-corrected chi connectivity index (χ4v) is 4.69. The molecule has 0 aliphatic carbocycles. The van der Waals surface area contributed by atoms with Crippen LogP contribution in [-0.4, -0.2) is 29.5 Å². The summed E-state index contributed by atoms with van der Waals surface area (Å²) in [5, 5.41) is 7.83. The van der Waals surface area contributed by atoms with Crippen molar-refractivity contribution in [1.29, 1.82) is 0 Å². The number of piperidine rings is 1. The molecule has 7 heteroatoms. The Labute approximate surface area is 160 Å². The summed E-state index contributed by atoms with van der Waals surface area (Å²) >= 11 is 1.43. The van der Waals surface area contributed by atoms with Crippen molar-refractivity contribution >= 4 is 33.1 Å². The van der Waals surface area contributed by atoms with Crippen molar-refractivity contribution in [3.63, 3.8) is 0 Å². The van der Waals surface area contributed by atoms with Gasteiger partial charge in [-0.15, -0.1) is 11.3 Å². The number of primary amides is 1. The van der Waals surface area contributed by atoms with E-state index in [1.54, 1.807) is 6.07 Å². The average Bonchev–Trinajstić information content (AvgIpc) is 3.09. The van der Waals surface area contributed by atoms with Crippen molar-refractivity contribution < 1.29 is 9.18 Å². The maximum Gasteiger partial charge on any atom is 0.251 e. The Bertz CT molecular complexity index is 1000. The first kappa shape index (κ1) is 17.9. The molecule has 4 N–H and O–H groups in total. The van der Waals surface area contributed by atoms with Crippen molar-refractivity contribution in [3.05, 3.63) is 47.9 Å². The Morgan fingerprint density at radius 3 is 3.00 bits per heavy atom. The van der Waals surface area contributed by atoms with Crippen LogP contribution in [-0.2, 0) is 0 Å². The number of halogens is 1. The van der Waals surface area contributed by atoms with Crippen molar-refractivity contribution in [2.45, 2.75) is 31.8 Å². The fourth-order valence-electron chi connectivity index (χ4n) is 3.52. The van der Waals surface area contributed by atoms with E-state index < -0.39 is 5.91 Å². The highest BCUT2D eigenvalue weighted by Gasteiger charge is 2.23. The summed E-state index contributed by atoms with van der Waals surface area (Å²) < 4.78 is 14.4. The van der Waals surface area contributed by atoms with E-state index in [1.165, 1.54) is 29.7 Å². The predicted molar refractivity (Wildman–Crippen MR) is 108 cm³/mol. The van der Waals surface area contributed by atoms with Crippen LogP contribution >= 0.6 is 11.3 Å². The summed E-state index contributed by atoms with van der Waals surface area (Å²) in [6, 6.07) is 8.97. The zero-order valence-electron chi connectivity index (χ0n) is 15.0. The van der Waals surface area contributed by atoms with Gasteiger partial charge in [0.15, 0.2) is 0 Å². The predicted octanol–water partition coefficient (Wildman–Crippen LogP) is 3.75. The molecule has 0 unspecified atom stereocenters. The minimum Gasteiger partial charge on any atom is -0.366 e. The number of aromatic nitrogens is 1. The van der Waals surface area contributed by atoms with E-state index in [0.29, 0.717) is 11.6 Å². The molecule has 1 fully saturated rings. The lowest BCUT2D eigenvalue weighted by atomic mass is 9.99. The molecular weight excluding hydrogens is 363 g/mol. The molecule has 27 heavy (non-hydrogen) atoms. The fraction of sp³-hybridized carbons (Fsp3) is 0.300. The monoisotopic (exact) mass is 384 g/mol. The van der Waals surface area contributed by atoms with Gasteiger partial charge in [0, 0.05) is 28.5 Å². The first-order valence-corrected chi connectivity index (χ1v) is 9.83. The molecule has 3 heterocycles. The first-order chi connectivity index (χ1) is 13.0. The summed E-state index contributed by atoms with van der Waals surface area (Å²) in [7, 11) is 0. The maximum atomic E-state index is 13.6. The van der Waals surface area contributed by atoms with Gasteiger partial charge in [-0.2, -0.15) is 0 Å². The van der Waals surface area contributed by atoms with Gasteiger partial charge in [0.25, 0.3) is 5.91 Å². The quantitative estimate of drug-likeness (QED) is 0.640. The smallest absolute Gasteiger partial charge is 0.251 e. The van der Waals surface area contributed by atoms with Gasteiger partial charge < -0.3 is 16.4 Å².